The Kier molecular flexibility index (Phi) is 12.1. The molecule has 0 aromatic rings. The number of aliphatic hydroxyl groups excluding tert-OH is 1. The van der Waals surface area contributed by atoms with E-state index in [9.17, 15) is 4.79 Å². The molecule has 0 rings (SSSR count). The number of hydrogen-bond donors (Lipinski definition) is 2. The fourth-order valence-corrected chi connectivity index (χ4v) is 0.379. The van der Waals surface area contributed by atoms with Gasteiger partial charge in [-0.05, 0) is 20.3 Å². The Hall–Kier alpha value is -0.610. The molecule has 0 fully saturated rings. The van der Waals surface area contributed by atoms with Crippen molar-refractivity contribution in [1.29, 1.82) is 0 Å². The van der Waals surface area contributed by atoms with Crippen molar-refractivity contribution in [3.8, 4) is 0 Å². The molecule has 74 valence electrons. The summed E-state index contributed by atoms with van der Waals surface area (Å²) in [5.74, 6) is -1.15. The fourth-order valence-electron chi connectivity index (χ4n) is 0.379. The van der Waals surface area contributed by atoms with Crippen LogP contribution in [0.2, 0.25) is 0 Å². The molecule has 0 aromatic heterocycles. The van der Waals surface area contributed by atoms with Gasteiger partial charge >= 0.3 is 5.97 Å². The Morgan fingerprint density at radius 1 is 1.33 bits per heavy atom. The first-order chi connectivity index (χ1) is 5.59. The van der Waals surface area contributed by atoms with Crippen LogP contribution < -0.4 is 0 Å². The maximum Gasteiger partial charge on any atom is 0.332 e. The maximum atomic E-state index is 9.68. The third-order valence-electron chi connectivity index (χ3n) is 1.08. The van der Waals surface area contributed by atoms with Crippen LogP contribution in [0.3, 0.4) is 0 Å². The largest absolute Gasteiger partial charge is 0.479 e. The molecular weight excluding hydrogens is 160 g/mol. The van der Waals surface area contributed by atoms with Crippen molar-refractivity contribution in [2.45, 2.75) is 33.3 Å². The number of ether oxygens (including phenoxy) is 1. The van der Waals surface area contributed by atoms with E-state index >= 15 is 0 Å². The predicted molar refractivity (Wildman–Crippen MR) is 46.1 cm³/mol. The standard InChI is InChI=1S/C4H8O3.C4H10O/c1-2-3(5)4(6)7;1-3-5-4-2/h3,5H,2H2,1H3,(H,6,7);3-4H2,1-2H3. The molecule has 0 aromatic carbocycles. The van der Waals surface area contributed by atoms with Crippen LogP contribution in [-0.4, -0.2) is 35.5 Å². The molecule has 0 radical (unpaired) electrons. The summed E-state index contributed by atoms with van der Waals surface area (Å²) in [5, 5.41) is 16.3. The minimum Gasteiger partial charge on any atom is -0.479 e. The molecule has 4 nitrogen and oxygen atoms in total. The summed E-state index contributed by atoms with van der Waals surface area (Å²) in [6.45, 7) is 7.28. The zero-order valence-corrected chi connectivity index (χ0v) is 7.91. The molecule has 1 atom stereocenters. The zero-order chi connectivity index (χ0) is 9.98. The number of carbonyl (C=O) groups is 1. The molecule has 0 heterocycles. The Labute approximate surface area is 73.2 Å². The molecule has 2 N–H and O–H groups in total. The van der Waals surface area contributed by atoms with Crippen molar-refractivity contribution < 1.29 is 19.7 Å². The Bertz CT molecular complexity index is 101. The first kappa shape index (κ1) is 13.9. The summed E-state index contributed by atoms with van der Waals surface area (Å²) in [4.78, 5) is 9.68. The van der Waals surface area contributed by atoms with Gasteiger partial charge in [0.1, 0.15) is 0 Å². The van der Waals surface area contributed by atoms with Crippen LogP contribution >= 0.6 is 0 Å². The number of carboxylic acids is 1. The lowest BCUT2D eigenvalue weighted by Gasteiger charge is -1.95. The summed E-state index contributed by atoms with van der Waals surface area (Å²) in [6.07, 6.45) is -0.907. The van der Waals surface area contributed by atoms with E-state index in [2.05, 4.69) is 0 Å². The molecule has 4 heteroatoms. The summed E-state index contributed by atoms with van der Waals surface area (Å²) in [7, 11) is 0. The average molecular weight is 178 g/mol. The van der Waals surface area contributed by atoms with Gasteiger partial charge < -0.3 is 14.9 Å². The summed E-state index contributed by atoms with van der Waals surface area (Å²) >= 11 is 0. The first-order valence-corrected chi connectivity index (χ1v) is 4.08. The maximum absolute atomic E-state index is 9.68. The van der Waals surface area contributed by atoms with E-state index in [0.717, 1.165) is 13.2 Å². The van der Waals surface area contributed by atoms with Crippen LogP contribution in [0.5, 0.6) is 0 Å². The Morgan fingerprint density at radius 2 is 1.75 bits per heavy atom. The number of aliphatic hydroxyl groups is 1. The quantitative estimate of drug-likeness (QED) is 0.670. The molecule has 0 bridgehead atoms. The monoisotopic (exact) mass is 178 g/mol. The minimum absolute atomic E-state index is 0.273. The average Bonchev–Trinajstić information content (AvgIpc) is 2.05. The van der Waals surface area contributed by atoms with Gasteiger partial charge in [-0.15, -0.1) is 0 Å². The summed E-state index contributed by atoms with van der Waals surface area (Å²) in [5.41, 5.74) is 0. The van der Waals surface area contributed by atoms with Crippen LogP contribution in [0.4, 0.5) is 0 Å². The second-order valence-electron chi connectivity index (χ2n) is 2.04. The van der Waals surface area contributed by atoms with Crippen LogP contribution in [0.25, 0.3) is 0 Å². The third-order valence-corrected chi connectivity index (χ3v) is 1.08. The first-order valence-electron chi connectivity index (χ1n) is 4.08. The minimum atomic E-state index is -1.18. The van der Waals surface area contributed by atoms with Gasteiger partial charge in [-0.2, -0.15) is 0 Å². The molecule has 0 spiro atoms. The van der Waals surface area contributed by atoms with Crippen molar-refractivity contribution in [2.24, 2.45) is 0 Å². The van der Waals surface area contributed by atoms with Gasteiger partial charge in [0.05, 0.1) is 0 Å². The van der Waals surface area contributed by atoms with E-state index in [-0.39, 0.29) is 6.42 Å². The van der Waals surface area contributed by atoms with Gasteiger partial charge in [0.2, 0.25) is 0 Å². The molecule has 0 saturated heterocycles. The van der Waals surface area contributed by atoms with Crippen molar-refractivity contribution in [3.05, 3.63) is 0 Å². The van der Waals surface area contributed by atoms with Crippen molar-refractivity contribution >= 4 is 5.97 Å². The highest BCUT2D eigenvalue weighted by Gasteiger charge is 2.07. The van der Waals surface area contributed by atoms with E-state index in [1.165, 1.54) is 0 Å². The normalized spacial score (nSPS) is 11.3. The lowest BCUT2D eigenvalue weighted by molar-refractivity contribution is -0.146. The van der Waals surface area contributed by atoms with E-state index in [1.807, 2.05) is 13.8 Å². The van der Waals surface area contributed by atoms with Gasteiger partial charge in [-0.3, -0.25) is 0 Å². The third kappa shape index (κ3) is 12.1. The Morgan fingerprint density at radius 3 is 1.75 bits per heavy atom. The predicted octanol–water partition coefficient (Wildman–Crippen LogP) is 0.885. The van der Waals surface area contributed by atoms with Gasteiger partial charge in [-0.1, -0.05) is 6.92 Å². The van der Waals surface area contributed by atoms with Gasteiger partial charge in [0.15, 0.2) is 6.10 Å². The highest BCUT2D eigenvalue weighted by molar-refractivity contribution is 5.71. The lowest BCUT2D eigenvalue weighted by atomic mass is 10.3. The topological polar surface area (TPSA) is 66.8 Å². The number of carboxylic acid groups (broad SMARTS) is 1. The van der Waals surface area contributed by atoms with E-state index in [1.54, 1.807) is 6.92 Å². The lowest BCUT2D eigenvalue weighted by Crippen LogP contribution is -2.17. The molecule has 0 saturated carbocycles. The van der Waals surface area contributed by atoms with E-state index in [0.29, 0.717) is 0 Å². The van der Waals surface area contributed by atoms with Gasteiger partial charge in [-0.25, -0.2) is 4.79 Å². The number of rotatable bonds is 4. The van der Waals surface area contributed by atoms with Crippen LogP contribution in [0, 0.1) is 0 Å². The zero-order valence-electron chi connectivity index (χ0n) is 7.91. The highest BCUT2D eigenvalue weighted by Crippen LogP contribution is 1.86. The van der Waals surface area contributed by atoms with Crippen LogP contribution in [0.1, 0.15) is 27.2 Å². The second kappa shape index (κ2) is 10.4. The number of aliphatic carboxylic acids is 1. The molecule has 0 aliphatic rings. The number of hydrogen-bond acceptors (Lipinski definition) is 3. The molecule has 0 aliphatic heterocycles. The van der Waals surface area contributed by atoms with Crippen molar-refractivity contribution in [2.75, 3.05) is 13.2 Å². The van der Waals surface area contributed by atoms with E-state index in [4.69, 9.17) is 14.9 Å². The van der Waals surface area contributed by atoms with Gasteiger partial charge in [0.25, 0.3) is 0 Å². The van der Waals surface area contributed by atoms with E-state index < -0.39 is 12.1 Å². The van der Waals surface area contributed by atoms with Crippen LogP contribution in [0.15, 0.2) is 0 Å². The smallest absolute Gasteiger partial charge is 0.332 e. The molecular formula is C8H18O4. The summed E-state index contributed by atoms with van der Waals surface area (Å²) in [6, 6.07) is 0. The highest BCUT2D eigenvalue weighted by atomic mass is 16.5. The molecule has 0 aliphatic carbocycles. The van der Waals surface area contributed by atoms with Crippen LogP contribution in [-0.2, 0) is 9.53 Å². The van der Waals surface area contributed by atoms with Gasteiger partial charge in [0, 0.05) is 13.2 Å². The summed E-state index contributed by atoms with van der Waals surface area (Å²) < 4.78 is 4.83. The molecule has 12 heavy (non-hydrogen) atoms. The molecule has 0 amide bonds. The van der Waals surface area contributed by atoms with Crippen molar-refractivity contribution in [1.82, 2.24) is 0 Å². The molecule has 1 unspecified atom stereocenters. The second-order valence-corrected chi connectivity index (χ2v) is 2.04. The van der Waals surface area contributed by atoms with Crippen molar-refractivity contribution in [3.63, 3.8) is 0 Å². The fraction of sp³-hybridized carbons (Fsp3) is 0.875. The SMILES string of the molecule is CCC(O)C(=O)O.CCOCC. The Balaban J connectivity index is 0.